The summed E-state index contributed by atoms with van der Waals surface area (Å²) in [6, 6.07) is 21.1. The Hall–Kier alpha value is -4.41. The monoisotopic (exact) mass is 655 g/mol. The van der Waals surface area contributed by atoms with Crippen molar-refractivity contribution in [2.75, 3.05) is 63.9 Å². The average Bonchev–Trinajstić information content (AvgIpc) is 3.74. The van der Waals surface area contributed by atoms with Crippen LogP contribution < -0.4 is 19.3 Å². The lowest BCUT2D eigenvalue weighted by atomic mass is 9.84. The highest BCUT2D eigenvalue weighted by molar-refractivity contribution is 6.01. The van der Waals surface area contributed by atoms with Crippen LogP contribution in [-0.4, -0.2) is 92.4 Å². The van der Waals surface area contributed by atoms with Gasteiger partial charge in [-0.2, -0.15) is 0 Å². The zero-order valence-corrected chi connectivity index (χ0v) is 28.4. The molecule has 0 aromatic heterocycles. The summed E-state index contributed by atoms with van der Waals surface area (Å²) in [7, 11) is 6.43. The van der Waals surface area contributed by atoms with Crippen molar-refractivity contribution in [2.45, 2.75) is 51.1 Å². The average molecular weight is 656 g/mol. The van der Waals surface area contributed by atoms with Crippen molar-refractivity contribution in [3.63, 3.8) is 0 Å². The number of anilines is 2. The zero-order valence-electron chi connectivity index (χ0n) is 28.4. The Bertz CT molecular complexity index is 1670. The number of carboxylic acid groups (broad SMARTS) is 1. The van der Waals surface area contributed by atoms with E-state index in [2.05, 4.69) is 40.2 Å². The second-order valence-electron chi connectivity index (χ2n) is 14.2. The quantitative estimate of drug-likeness (QED) is 0.262. The molecular weight excluding hydrogens is 608 g/mol. The Morgan fingerprint density at radius 2 is 1.79 bits per heavy atom. The molecule has 254 valence electrons. The molecule has 1 fully saturated rings. The molecule has 0 radical (unpaired) electrons. The van der Waals surface area contributed by atoms with E-state index in [0.29, 0.717) is 44.0 Å². The maximum atomic E-state index is 14.3. The van der Waals surface area contributed by atoms with E-state index >= 15 is 0 Å². The number of nitrogens with zero attached hydrogens (tertiary/aromatic N) is 4. The Balaban J connectivity index is 1.30. The van der Waals surface area contributed by atoms with E-state index < -0.39 is 17.9 Å². The second kappa shape index (κ2) is 14.0. The first-order chi connectivity index (χ1) is 23.0. The minimum absolute atomic E-state index is 0.00974. The van der Waals surface area contributed by atoms with Crippen molar-refractivity contribution < 1.29 is 33.4 Å². The van der Waals surface area contributed by atoms with Gasteiger partial charge in [0.25, 0.3) is 0 Å². The molecule has 0 bridgehead atoms. The van der Waals surface area contributed by atoms with Crippen molar-refractivity contribution in [3.8, 4) is 11.5 Å². The van der Waals surface area contributed by atoms with Crippen molar-refractivity contribution in [1.82, 2.24) is 4.90 Å². The molecule has 3 heterocycles. The van der Waals surface area contributed by atoms with Crippen LogP contribution in [0, 0.1) is 5.92 Å². The van der Waals surface area contributed by atoms with Crippen molar-refractivity contribution >= 4 is 29.2 Å². The summed E-state index contributed by atoms with van der Waals surface area (Å²) in [5.74, 6) is -0.901. The lowest BCUT2D eigenvalue weighted by Crippen LogP contribution is -2.46. The number of quaternary nitrogens is 1. The molecule has 6 rings (SSSR count). The molecule has 10 nitrogen and oxygen atoms in total. The number of carboxylic acids is 1. The van der Waals surface area contributed by atoms with Gasteiger partial charge in [0.05, 0.1) is 40.0 Å². The first-order valence-electron chi connectivity index (χ1n) is 17.0. The number of aliphatic carboxylic acids is 1. The molecule has 10 heteroatoms. The lowest BCUT2D eigenvalue weighted by molar-refractivity contribution is -0.884. The fourth-order valence-electron chi connectivity index (χ4n) is 7.50. The highest BCUT2D eigenvalue weighted by atomic mass is 16.7. The summed E-state index contributed by atoms with van der Waals surface area (Å²) in [6.07, 6.45) is 2.54. The summed E-state index contributed by atoms with van der Waals surface area (Å²) in [5, 5.41) is 10.7. The molecule has 3 aliphatic rings. The molecule has 0 aliphatic carbocycles. The van der Waals surface area contributed by atoms with Gasteiger partial charge in [-0.05, 0) is 54.3 Å². The van der Waals surface area contributed by atoms with Crippen molar-refractivity contribution in [3.05, 3.63) is 83.4 Å². The number of rotatable bonds is 13. The van der Waals surface area contributed by atoms with Gasteiger partial charge in [-0.1, -0.05) is 49.7 Å². The van der Waals surface area contributed by atoms with Gasteiger partial charge in [0, 0.05) is 48.5 Å². The number of benzene rings is 3. The van der Waals surface area contributed by atoms with Crippen LogP contribution in [0.3, 0.4) is 0 Å². The van der Waals surface area contributed by atoms with Crippen LogP contribution in [0.15, 0.2) is 66.7 Å². The van der Waals surface area contributed by atoms with Crippen LogP contribution in [0.2, 0.25) is 0 Å². The zero-order chi connectivity index (χ0) is 34.0. The lowest BCUT2D eigenvalue weighted by Gasteiger charge is -2.31. The second-order valence-corrected chi connectivity index (χ2v) is 14.2. The number of hydrogen-bond donors (Lipinski definition) is 1. The third kappa shape index (κ3) is 7.19. The molecule has 3 aliphatic heterocycles. The summed E-state index contributed by atoms with van der Waals surface area (Å²) >= 11 is 0. The topological polar surface area (TPSA) is 99.6 Å². The van der Waals surface area contributed by atoms with Gasteiger partial charge in [-0.25, -0.2) is 0 Å². The molecule has 3 atom stereocenters. The molecule has 1 saturated heterocycles. The molecule has 3 aromatic rings. The minimum atomic E-state index is -0.915. The number of fused-ring (bicyclic) bond motifs is 2. The number of carbonyl (C=O) groups excluding carboxylic acids is 2. The van der Waals surface area contributed by atoms with Gasteiger partial charge < -0.3 is 28.9 Å². The van der Waals surface area contributed by atoms with Crippen LogP contribution >= 0.6 is 0 Å². The van der Waals surface area contributed by atoms with Crippen LogP contribution in [-0.2, 0) is 27.3 Å². The van der Waals surface area contributed by atoms with E-state index in [1.54, 1.807) is 4.90 Å². The van der Waals surface area contributed by atoms with E-state index in [1.807, 2.05) is 64.4 Å². The van der Waals surface area contributed by atoms with Gasteiger partial charge in [-0.15, -0.1) is 0 Å². The number of carbonyl (C=O) groups is 3. The third-order valence-electron chi connectivity index (χ3n) is 9.69. The molecule has 2 amide bonds. The maximum Gasteiger partial charge on any atom is 0.308 e. The predicted octanol–water partition coefficient (Wildman–Crippen LogP) is 4.90. The van der Waals surface area contributed by atoms with Gasteiger partial charge in [0.2, 0.25) is 18.6 Å². The first kappa shape index (κ1) is 33.5. The Labute approximate surface area is 283 Å². The van der Waals surface area contributed by atoms with Gasteiger partial charge in [0.1, 0.15) is 6.54 Å². The number of unbranched alkanes of at least 4 members (excludes halogenated alkanes) is 1. The highest BCUT2D eigenvalue weighted by Gasteiger charge is 2.48. The smallest absolute Gasteiger partial charge is 0.308 e. The Morgan fingerprint density at radius 1 is 1.00 bits per heavy atom. The summed E-state index contributed by atoms with van der Waals surface area (Å²) in [5.41, 5.74) is 4.70. The minimum Gasteiger partial charge on any atom is -0.481 e. The highest BCUT2D eigenvalue weighted by Crippen LogP contribution is 2.43. The van der Waals surface area contributed by atoms with Gasteiger partial charge in [-0.3, -0.25) is 19.3 Å². The summed E-state index contributed by atoms with van der Waals surface area (Å²) in [6.45, 7) is 4.48. The fraction of sp³-hybridized carbons (Fsp3) is 0.447. The number of ether oxygens (including phenoxy) is 2. The van der Waals surface area contributed by atoms with Crippen LogP contribution in [0.1, 0.15) is 48.8 Å². The van der Waals surface area contributed by atoms with Gasteiger partial charge >= 0.3 is 5.97 Å². The molecule has 3 unspecified atom stereocenters. The molecular formula is C38H47N4O6+. The summed E-state index contributed by atoms with van der Waals surface area (Å²) < 4.78 is 11.9. The molecule has 48 heavy (non-hydrogen) atoms. The standard InChI is InChI=1S/C38H46N4O6/c1-5-6-17-40(29-12-9-10-26(19-29)24-42(2,3)4)36(44)23-39-22-30(27-14-15-33-34(20-27)48-25-47-33)37(38(45)46)32(39)16-18-41-31-13-8-7-11-28(31)21-35(41)43/h7-15,19-20,30,32,37H,5-6,16-18,21-25H2,1-4H3/p+1. The fourth-order valence-corrected chi connectivity index (χ4v) is 7.50. The van der Waals surface area contributed by atoms with E-state index in [-0.39, 0.29) is 31.1 Å². The van der Waals surface area contributed by atoms with E-state index in [0.717, 1.165) is 51.9 Å². The van der Waals surface area contributed by atoms with Crippen molar-refractivity contribution in [2.24, 2.45) is 5.92 Å². The van der Waals surface area contributed by atoms with Gasteiger partial charge in [0.15, 0.2) is 11.5 Å². The Kier molecular flexibility index (Phi) is 9.75. The molecule has 1 N–H and O–H groups in total. The normalized spacial score (nSPS) is 20.3. The van der Waals surface area contributed by atoms with Crippen LogP contribution in [0.5, 0.6) is 11.5 Å². The van der Waals surface area contributed by atoms with Crippen LogP contribution in [0.4, 0.5) is 11.4 Å². The third-order valence-corrected chi connectivity index (χ3v) is 9.69. The SMILES string of the molecule is CCCCN(C(=O)CN1CC(c2ccc3c(c2)OCO3)C(C(=O)O)C1CCN1C(=O)Cc2ccccc21)c1cccc(C[N+](C)(C)C)c1. The predicted molar refractivity (Wildman–Crippen MR) is 184 cm³/mol. The number of likely N-dealkylation sites (tertiary alicyclic amines) is 1. The number of amides is 2. The largest absolute Gasteiger partial charge is 0.481 e. The van der Waals surface area contributed by atoms with E-state index in [1.165, 1.54) is 0 Å². The number of hydrogen-bond acceptors (Lipinski definition) is 6. The molecule has 0 spiro atoms. The molecule has 0 saturated carbocycles. The summed E-state index contributed by atoms with van der Waals surface area (Å²) in [4.78, 5) is 46.2. The van der Waals surface area contributed by atoms with E-state index in [9.17, 15) is 19.5 Å². The first-order valence-corrected chi connectivity index (χ1v) is 17.0. The van der Waals surface area contributed by atoms with Crippen LogP contribution in [0.25, 0.3) is 0 Å². The number of para-hydroxylation sites is 1. The maximum absolute atomic E-state index is 14.3. The van der Waals surface area contributed by atoms with Crippen molar-refractivity contribution in [1.29, 1.82) is 0 Å². The molecule has 3 aromatic carbocycles. The van der Waals surface area contributed by atoms with E-state index in [4.69, 9.17) is 9.47 Å². The Morgan fingerprint density at radius 3 is 2.56 bits per heavy atom.